The molecular formula is C9H11Br2ClS. The predicted octanol–water partition coefficient (Wildman–Crippen LogP) is 5.65. The Labute approximate surface area is 105 Å². The van der Waals surface area contributed by atoms with E-state index in [2.05, 4.69) is 51.8 Å². The van der Waals surface area contributed by atoms with E-state index in [4.69, 9.17) is 11.6 Å². The number of alkyl halides is 1. The van der Waals surface area contributed by atoms with E-state index in [0.717, 1.165) is 8.81 Å². The summed E-state index contributed by atoms with van der Waals surface area (Å²) < 4.78 is 1.84. The zero-order valence-corrected chi connectivity index (χ0v) is 12.2. The molecule has 4 heteroatoms. The van der Waals surface area contributed by atoms with E-state index in [1.165, 1.54) is 11.3 Å². The molecule has 0 bridgehead atoms. The zero-order valence-electron chi connectivity index (χ0n) is 7.48. The molecule has 0 aromatic carbocycles. The van der Waals surface area contributed by atoms with Crippen molar-refractivity contribution >= 4 is 54.8 Å². The zero-order chi connectivity index (χ0) is 10.0. The van der Waals surface area contributed by atoms with Crippen molar-refractivity contribution in [2.75, 3.05) is 0 Å². The van der Waals surface area contributed by atoms with E-state index in [0.29, 0.717) is 10.7 Å². The first-order valence-electron chi connectivity index (χ1n) is 4.15. The highest BCUT2D eigenvalue weighted by Gasteiger charge is 2.17. The smallest absolute Gasteiger partial charge is 0.107 e. The molecule has 1 rings (SSSR count). The average molecular weight is 347 g/mol. The Balaban J connectivity index is 2.82. The van der Waals surface area contributed by atoms with Gasteiger partial charge in [0.05, 0.1) is 4.83 Å². The summed E-state index contributed by atoms with van der Waals surface area (Å²) in [6.45, 7) is 4.43. The van der Waals surface area contributed by atoms with Crippen molar-refractivity contribution in [1.82, 2.24) is 0 Å². The van der Waals surface area contributed by atoms with Gasteiger partial charge >= 0.3 is 0 Å². The lowest BCUT2D eigenvalue weighted by Crippen LogP contribution is -1.99. The molecule has 13 heavy (non-hydrogen) atoms. The van der Waals surface area contributed by atoms with Crippen LogP contribution >= 0.6 is 54.8 Å². The number of hydrogen-bond donors (Lipinski definition) is 0. The van der Waals surface area contributed by atoms with Crippen LogP contribution in [0.1, 0.15) is 30.0 Å². The van der Waals surface area contributed by atoms with E-state index in [-0.39, 0.29) is 0 Å². The summed E-state index contributed by atoms with van der Waals surface area (Å²) in [5.74, 6) is 0.640. The third kappa shape index (κ3) is 2.95. The first kappa shape index (κ1) is 12.0. The Morgan fingerprint density at radius 2 is 2.23 bits per heavy atom. The van der Waals surface area contributed by atoms with Crippen LogP contribution in [0.25, 0.3) is 0 Å². The van der Waals surface area contributed by atoms with Crippen molar-refractivity contribution < 1.29 is 0 Å². The van der Waals surface area contributed by atoms with E-state index in [1.807, 2.05) is 0 Å². The summed E-state index contributed by atoms with van der Waals surface area (Å²) in [7, 11) is 0. The molecule has 1 aromatic heterocycles. The molecule has 0 spiro atoms. The molecule has 0 aliphatic rings. The molecule has 0 aliphatic heterocycles. The van der Waals surface area contributed by atoms with Crippen molar-refractivity contribution in [1.29, 1.82) is 0 Å². The van der Waals surface area contributed by atoms with Crippen LogP contribution in [-0.2, 0) is 0 Å². The molecule has 0 saturated heterocycles. The fourth-order valence-electron chi connectivity index (χ4n) is 0.987. The van der Waals surface area contributed by atoms with Gasteiger partial charge in [0.25, 0.3) is 0 Å². The topological polar surface area (TPSA) is 0 Å². The van der Waals surface area contributed by atoms with Crippen LogP contribution in [0.2, 0.25) is 4.34 Å². The minimum atomic E-state index is 0.422. The quantitative estimate of drug-likeness (QED) is 0.621. The molecule has 0 nitrogen and oxygen atoms in total. The van der Waals surface area contributed by atoms with Crippen molar-refractivity contribution in [2.24, 2.45) is 5.92 Å². The first-order valence-corrected chi connectivity index (χ1v) is 7.05. The Morgan fingerprint density at radius 3 is 2.62 bits per heavy atom. The molecule has 2 atom stereocenters. The van der Waals surface area contributed by atoms with E-state index in [9.17, 15) is 0 Å². The summed E-state index contributed by atoms with van der Waals surface area (Å²) >= 11 is 14.7. The lowest BCUT2D eigenvalue weighted by molar-refractivity contribution is 0.560. The van der Waals surface area contributed by atoms with Crippen LogP contribution < -0.4 is 0 Å². The molecule has 2 unspecified atom stereocenters. The molecule has 0 amide bonds. The molecule has 0 aliphatic carbocycles. The summed E-state index contributed by atoms with van der Waals surface area (Å²) in [6, 6.07) is 2.10. The molecule has 0 fully saturated rings. The highest BCUT2D eigenvalue weighted by atomic mass is 79.9. The van der Waals surface area contributed by atoms with Gasteiger partial charge in [-0.25, -0.2) is 0 Å². The molecule has 1 aromatic rings. The minimum absolute atomic E-state index is 0.422. The maximum absolute atomic E-state index is 5.97. The standard InChI is InChI=1S/C9H11Br2ClS/c1-3-5(2)8(11)7-4-6(10)9(12)13-7/h4-5,8H,3H2,1-2H3. The van der Waals surface area contributed by atoms with Gasteiger partial charge in [-0.1, -0.05) is 47.8 Å². The summed E-state index contributed by atoms with van der Waals surface area (Å²) in [5.41, 5.74) is 0. The molecular weight excluding hydrogens is 335 g/mol. The third-order valence-corrected chi connectivity index (χ3v) is 6.34. The van der Waals surface area contributed by atoms with Crippen LogP contribution in [-0.4, -0.2) is 0 Å². The van der Waals surface area contributed by atoms with Crippen LogP contribution in [0.3, 0.4) is 0 Å². The second-order valence-electron chi connectivity index (χ2n) is 3.06. The average Bonchev–Trinajstić information content (AvgIpc) is 2.44. The van der Waals surface area contributed by atoms with Gasteiger partial charge in [-0.2, -0.15) is 0 Å². The van der Waals surface area contributed by atoms with Crippen molar-refractivity contribution in [2.45, 2.75) is 25.1 Å². The Morgan fingerprint density at radius 1 is 1.62 bits per heavy atom. The first-order chi connectivity index (χ1) is 6.06. The lowest BCUT2D eigenvalue weighted by atomic mass is 10.0. The van der Waals surface area contributed by atoms with Gasteiger partial charge in [0, 0.05) is 9.35 Å². The van der Waals surface area contributed by atoms with Gasteiger partial charge < -0.3 is 0 Å². The van der Waals surface area contributed by atoms with Gasteiger partial charge in [-0.05, 0) is 27.9 Å². The summed E-state index contributed by atoms with van der Waals surface area (Å²) in [6.07, 6.45) is 1.17. The fourth-order valence-corrected chi connectivity index (χ4v) is 3.62. The van der Waals surface area contributed by atoms with E-state index < -0.39 is 0 Å². The monoisotopic (exact) mass is 344 g/mol. The normalized spacial score (nSPS) is 15.8. The van der Waals surface area contributed by atoms with E-state index in [1.54, 1.807) is 11.3 Å². The number of hydrogen-bond acceptors (Lipinski definition) is 1. The highest BCUT2D eigenvalue weighted by Crippen LogP contribution is 2.41. The largest absolute Gasteiger partial charge is 0.126 e. The second kappa shape index (κ2) is 5.15. The van der Waals surface area contributed by atoms with Gasteiger partial charge in [0.2, 0.25) is 0 Å². The van der Waals surface area contributed by atoms with Crippen molar-refractivity contribution in [3.63, 3.8) is 0 Å². The predicted molar refractivity (Wildman–Crippen MR) is 68.2 cm³/mol. The fraction of sp³-hybridized carbons (Fsp3) is 0.556. The van der Waals surface area contributed by atoms with Gasteiger partial charge in [0.1, 0.15) is 4.34 Å². The van der Waals surface area contributed by atoms with Crippen molar-refractivity contribution in [3.8, 4) is 0 Å². The third-order valence-electron chi connectivity index (χ3n) is 2.08. The van der Waals surface area contributed by atoms with Crippen LogP contribution in [0, 0.1) is 5.92 Å². The number of halogens is 3. The maximum Gasteiger partial charge on any atom is 0.107 e. The summed E-state index contributed by atoms with van der Waals surface area (Å²) in [5, 5.41) is 0. The number of rotatable bonds is 3. The van der Waals surface area contributed by atoms with Crippen LogP contribution in [0.5, 0.6) is 0 Å². The summed E-state index contributed by atoms with van der Waals surface area (Å²) in [4.78, 5) is 1.72. The minimum Gasteiger partial charge on any atom is -0.126 e. The lowest BCUT2D eigenvalue weighted by Gasteiger charge is -2.14. The van der Waals surface area contributed by atoms with E-state index >= 15 is 0 Å². The van der Waals surface area contributed by atoms with Gasteiger partial charge in [-0.15, -0.1) is 11.3 Å². The van der Waals surface area contributed by atoms with Gasteiger partial charge in [-0.3, -0.25) is 0 Å². The molecule has 1 heterocycles. The number of thiophene rings is 1. The van der Waals surface area contributed by atoms with Crippen molar-refractivity contribution in [3.05, 3.63) is 19.8 Å². The highest BCUT2D eigenvalue weighted by molar-refractivity contribution is 9.10. The Hall–Kier alpha value is 0.950. The molecule has 0 saturated carbocycles. The maximum atomic E-state index is 5.97. The van der Waals surface area contributed by atoms with Crippen LogP contribution in [0.4, 0.5) is 0 Å². The second-order valence-corrected chi connectivity index (χ2v) is 6.58. The Kier molecular flexibility index (Phi) is 4.76. The van der Waals surface area contributed by atoms with Crippen LogP contribution in [0.15, 0.2) is 10.5 Å². The molecule has 0 radical (unpaired) electrons. The molecule has 74 valence electrons. The van der Waals surface area contributed by atoms with Gasteiger partial charge in [0.15, 0.2) is 0 Å². The SMILES string of the molecule is CCC(C)C(Br)c1cc(Br)c(Cl)s1. The Bertz CT molecular complexity index is 266. The molecule has 0 N–H and O–H groups in total.